The largest absolute Gasteiger partial charge is 0.369 e. The number of halogens is 1. The van der Waals surface area contributed by atoms with Gasteiger partial charge in [0.1, 0.15) is 18.0 Å². The minimum absolute atomic E-state index is 0.0655. The van der Waals surface area contributed by atoms with E-state index < -0.39 is 10.0 Å². The molecular formula is C23H25ClN8O2S. The van der Waals surface area contributed by atoms with Gasteiger partial charge in [0.15, 0.2) is 0 Å². The first-order valence-corrected chi connectivity index (χ1v) is 12.7. The second-order valence-corrected chi connectivity index (χ2v) is 9.68. The molecular weight excluding hydrogens is 488 g/mol. The van der Waals surface area contributed by atoms with Crippen molar-refractivity contribution in [2.75, 3.05) is 23.7 Å². The monoisotopic (exact) mass is 512 g/mol. The van der Waals surface area contributed by atoms with Gasteiger partial charge in [0.2, 0.25) is 16.0 Å². The Hall–Kier alpha value is -3.51. The lowest BCUT2D eigenvalue weighted by atomic mass is 10.2. The van der Waals surface area contributed by atoms with Crippen LogP contribution in [0.2, 0.25) is 5.02 Å². The van der Waals surface area contributed by atoms with Crippen molar-refractivity contribution in [3.05, 3.63) is 89.5 Å². The number of hydrogen-bond acceptors (Lipinski definition) is 8. The summed E-state index contributed by atoms with van der Waals surface area (Å²) in [6.45, 7) is 2.52. The molecule has 0 spiro atoms. The normalized spacial score (nSPS) is 11.4. The molecule has 2 heterocycles. The van der Waals surface area contributed by atoms with E-state index in [2.05, 4.69) is 30.9 Å². The Bertz CT molecular complexity index is 1350. The molecule has 2 aromatic heterocycles. The van der Waals surface area contributed by atoms with Crippen LogP contribution >= 0.6 is 11.6 Å². The number of nitrogens with two attached hydrogens (primary N) is 1. The van der Waals surface area contributed by atoms with Crippen LogP contribution in [0.3, 0.4) is 0 Å². The lowest BCUT2D eigenvalue weighted by molar-refractivity contribution is 0.598. The molecule has 0 atom stereocenters. The number of primary sulfonamides is 1. The maximum absolute atomic E-state index is 11.4. The van der Waals surface area contributed by atoms with Gasteiger partial charge in [-0.15, -0.1) is 0 Å². The van der Waals surface area contributed by atoms with Crippen LogP contribution in [0, 0.1) is 0 Å². The third kappa shape index (κ3) is 7.23. The smallest absolute Gasteiger partial charge is 0.238 e. The van der Waals surface area contributed by atoms with E-state index in [1.807, 2.05) is 30.3 Å². The van der Waals surface area contributed by atoms with Gasteiger partial charge in [0.05, 0.1) is 4.90 Å². The number of sulfonamides is 1. The van der Waals surface area contributed by atoms with E-state index in [4.69, 9.17) is 16.7 Å². The van der Waals surface area contributed by atoms with Gasteiger partial charge in [-0.1, -0.05) is 35.9 Å². The second kappa shape index (κ2) is 11.3. The third-order valence-electron chi connectivity index (χ3n) is 5.03. The van der Waals surface area contributed by atoms with Gasteiger partial charge in [-0.25, -0.2) is 18.5 Å². The van der Waals surface area contributed by atoms with Crippen LogP contribution in [0.25, 0.3) is 5.82 Å². The summed E-state index contributed by atoms with van der Waals surface area (Å²) in [5.74, 6) is 1.73. The maximum Gasteiger partial charge on any atom is 0.238 e. The van der Waals surface area contributed by atoms with Crippen LogP contribution in [0.5, 0.6) is 0 Å². The van der Waals surface area contributed by atoms with Crippen LogP contribution in [0.4, 0.5) is 11.8 Å². The Morgan fingerprint density at radius 1 is 0.914 bits per heavy atom. The topological polar surface area (TPSA) is 140 Å². The molecule has 0 aliphatic rings. The van der Waals surface area contributed by atoms with Gasteiger partial charge >= 0.3 is 0 Å². The Morgan fingerprint density at radius 2 is 1.63 bits per heavy atom. The minimum atomic E-state index is -3.73. The Kier molecular flexibility index (Phi) is 7.93. The lowest BCUT2D eigenvalue weighted by Gasteiger charge is -2.12. The molecule has 4 rings (SSSR count). The zero-order chi connectivity index (χ0) is 24.7. The summed E-state index contributed by atoms with van der Waals surface area (Å²) in [5.41, 5.74) is 2.01. The van der Waals surface area contributed by atoms with Crippen LogP contribution in [-0.4, -0.2) is 41.0 Å². The van der Waals surface area contributed by atoms with Gasteiger partial charge in [0.25, 0.3) is 0 Å². The predicted molar refractivity (Wildman–Crippen MR) is 136 cm³/mol. The molecule has 10 nitrogen and oxygen atoms in total. The van der Waals surface area contributed by atoms with Gasteiger partial charge in [-0.2, -0.15) is 9.97 Å². The summed E-state index contributed by atoms with van der Waals surface area (Å²) < 4.78 is 24.7. The molecule has 0 fully saturated rings. The fourth-order valence-electron chi connectivity index (χ4n) is 3.22. The van der Waals surface area contributed by atoms with Crippen molar-refractivity contribution < 1.29 is 8.42 Å². The van der Waals surface area contributed by atoms with E-state index in [1.165, 1.54) is 12.1 Å². The predicted octanol–water partition coefficient (Wildman–Crippen LogP) is 2.78. The van der Waals surface area contributed by atoms with Crippen molar-refractivity contribution in [3.63, 3.8) is 0 Å². The zero-order valence-corrected chi connectivity index (χ0v) is 20.3. The molecule has 0 amide bonds. The summed E-state index contributed by atoms with van der Waals surface area (Å²) >= 11 is 5.93. The van der Waals surface area contributed by atoms with E-state index in [0.29, 0.717) is 30.7 Å². The quantitative estimate of drug-likeness (QED) is 0.225. The molecule has 5 N–H and O–H groups in total. The molecule has 35 heavy (non-hydrogen) atoms. The van der Waals surface area contributed by atoms with Crippen molar-refractivity contribution in [1.82, 2.24) is 24.8 Å². The average molecular weight is 513 g/mol. The fraction of sp³-hybridized carbons (Fsp3) is 0.174. The highest BCUT2D eigenvalue weighted by Crippen LogP contribution is 2.15. The summed E-state index contributed by atoms with van der Waals surface area (Å²) in [6.07, 6.45) is 5.14. The number of hydrogen-bond donors (Lipinski definition) is 4. The number of nitrogens with one attached hydrogen (secondary N) is 3. The summed E-state index contributed by atoms with van der Waals surface area (Å²) in [5, 5.41) is 15.8. The number of imidazole rings is 1. The SMILES string of the molecule is NS(=O)(=O)c1ccc(CNc2nc(NCCNCc3ccc(Cl)cc3)cc(-n3ccnc3)n2)cc1. The number of nitrogens with zero attached hydrogens (tertiary/aromatic N) is 4. The summed E-state index contributed by atoms with van der Waals surface area (Å²) in [6, 6.07) is 15.9. The first-order valence-electron chi connectivity index (χ1n) is 10.8. The van der Waals surface area contributed by atoms with Gasteiger partial charge < -0.3 is 16.0 Å². The first kappa shape index (κ1) is 24.6. The highest BCUT2D eigenvalue weighted by Gasteiger charge is 2.09. The summed E-state index contributed by atoms with van der Waals surface area (Å²) in [7, 11) is -3.73. The molecule has 4 aromatic rings. The standard InChI is InChI=1S/C23H25ClN8O2S/c24-19-5-1-17(2-6-19)14-26-9-10-28-21-13-22(32-12-11-27-16-32)31-23(30-21)29-15-18-3-7-20(8-4-18)35(25,33)34/h1-8,11-13,16,26H,9-10,14-15H2,(H2,25,33,34)(H2,28,29,30,31). The molecule has 12 heteroatoms. The van der Waals surface area contributed by atoms with Crippen LogP contribution in [0.1, 0.15) is 11.1 Å². The molecule has 0 saturated carbocycles. The highest BCUT2D eigenvalue weighted by atomic mass is 35.5. The van der Waals surface area contributed by atoms with Crippen molar-refractivity contribution in [2.45, 2.75) is 18.0 Å². The lowest BCUT2D eigenvalue weighted by Crippen LogP contribution is -2.22. The molecule has 0 radical (unpaired) electrons. The van der Waals surface area contributed by atoms with Gasteiger partial charge in [0, 0.05) is 49.7 Å². The fourth-order valence-corrected chi connectivity index (χ4v) is 3.86. The molecule has 0 bridgehead atoms. The van der Waals surface area contributed by atoms with Crippen molar-refractivity contribution in [2.24, 2.45) is 5.14 Å². The molecule has 182 valence electrons. The molecule has 0 aliphatic heterocycles. The van der Waals surface area contributed by atoms with Gasteiger partial charge in [-0.3, -0.25) is 4.57 Å². The van der Waals surface area contributed by atoms with E-state index in [9.17, 15) is 8.42 Å². The number of rotatable bonds is 11. The van der Waals surface area contributed by atoms with E-state index >= 15 is 0 Å². The van der Waals surface area contributed by atoms with Crippen LogP contribution < -0.4 is 21.1 Å². The molecule has 0 unspecified atom stereocenters. The van der Waals surface area contributed by atoms with Gasteiger partial charge in [-0.05, 0) is 35.4 Å². The average Bonchev–Trinajstić information content (AvgIpc) is 3.39. The van der Waals surface area contributed by atoms with E-state index in [1.54, 1.807) is 35.4 Å². The molecule has 0 saturated heterocycles. The third-order valence-corrected chi connectivity index (χ3v) is 6.22. The molecule has 0 aliphatic carbocycles. The number of anilines is 2. The number of benzene rings is 2. The minimum Gasteiger partial charge on any atom is -0.369 e. The van der Waals surface area contributed by atoms with E-state index in [0.717, 1.165) is 29.2 Å². The van der Waals surface area contributed by atoms with E-state index in [-0.39, 0.29) is 4.90 Å². The second-order valence-electron chi connectivity index (χ2n) is 7.68. The Balaban J connectivity index is 1.38. The highest BCUT2D eigenvalue weighted by molar-refractivity contribution is 7.89. The Labute approximate surface area is 208 Å². The van der Waals surface area contributed by atoms with Crippen LogP contribution in [0.15, 0.2) is 78.2 Å². The Morgan fingerprint density at radius 3 is 2.31 bits per heavy atom. The maximum atomic E-state index is 11.4. The first-order chi connectivity index (χ1) is 16.9. The van der Waals surface area contributed by atoms with Crippen molar-refractivity contribution in [1.29, 1.82) is 0 Å². The zero-order valence-electron chi connectivity index (χ0n) is 18.7. The molecule has 2 aromatic carbocycles. The number of aromatic nitrogens is 4. The van der Waals surface area contributed by atoms with Crippen LogP contribution in [-0.2, 0) is 23.1 Å². The summed E-state index contributed by atoms with van der Waals surface area (Å²) in [4.78, 5) is 13.3. The van der Waals surface area contributed by atoms with Crippen molar-refractivity contribution in [3.8, 4) is 5.82 Å². The van der Waals surface area contributed by atoms with Crippen molar-refractivity contribution >= 4 is 33.4 Å².